The lowest BCUT2D eigenvalue weighted by Crippen LogP contribution is -2.25. The molecule has 0 spiro atoms. The number of ether oxygens (including phenoxy) is 1. The van der Waals surface area contributed by atoms with E-state index in [9.17, 15) is 0 Å². The zero-order valence-corrected chi connectivity index (χ0v) is 15.3. The van der Waals surface area contributed by atoms with Gasteiger partial charge in [-0.25, -0.2) is 4.98 Å². The first-order valence-electron chi connectivity index (χ1n) is 8.79. The van der Waals surface area contributed by atoms with Gasteiger partial charge in [-0.1, -0.05) is 6.07 Å². The quantitative estimate of drug-likeness (QED) is 0.552. The molecule has 0 amide bonds. The molecule has 0 saturated carbocycles. The number of rotatable bonds is 4. The molecule has 3 aromatic rings. The summed E-state index contributed by atoms with van der Waals surface area (Å²) >= 11 is 4.34. The van der Waals surface area contributed by atoms with Crippen molar-refractivity contribution in [3.8, 4) is 17.7 Å². The zero-order valence-electron chi connectivity index (χ0n) is 14.4. The van der Waals surface area contributed by atoms with Crippen LogP contribution in [0.1, 0.15) is 24.2 Å². The number of aromatic amines is 1. The van der Waals surface area contributed by atoms with E-state index in [0.29, 0.717) is 23.9 Å². The van der Waals surface area contributed by atoms with E-state index in [4.69, 9.17) is 4.74 Å². The lowest BCUT2D eigenvalue weighted by Gasteiger charge is -2.14. The van der Waals surface area contributed by atoms with Crippen LogP contribution in [0.25, 0.3) is 10.9 Å². The van der Waals surface area contributed by atoms with Gasteiger partial charge in [0.2, 0.25) is 5.88 Å². The Bertz CT molecular complexity index is 967. The van der Waals surface area contributed by atoms with Gasteiger partial charge in [0.15, 0.2) is 0 Å². The molecule has 0 radical (unpaired) electrons. The van der Waals surface area contributed by atoms with Crippen LogP contribution in [0, 0.1) is 11.8 Å². The summed E-state index contributed by atoms with van der Waals surface area (Å²) in [5, 5.41) is 8.23. The summed E-state index contributed by atoms with van der Waals surface area (Å²) in [5.74, 6) is 6.77. The van der Waals surface area contributed by atoms with Crippen LogP contribution in [0.15, 0.2) is 41.3 Å². The van der Waals surface area contributed by atoms with E-state index >= 15 is 0 Å². The second-order valence-corrected chi connectivity index (χ2v) is 6.83. The fourth-order valence-corrected chi connectivity index (χ4v) is 3.28. The Morgan fingerprint density at radius 2 is 2.04 bits per heavy atom. The lowest BCUT2D eigenvalue weighted by molar-refractivity contribution is 0.232. The van der Waals surface area contributed by atoms with Gasteiger partial charge in [-0.3, -0.25) is 10.00 Å². The molecule has 0 bridgehead atoms. The smallest absolute Gasteiger partial charge is 0.214 e. The van der Waals surface area contributed by atoms with Gasteiger partial charge in [0.25, 0.3) is 0 Å². The number of aromatic nitrogens is 3. The Morgan fingerprint density at radius 1 is 1.15 bits per heavy atom. The van der Waals surface area contributed by atoms with Gasteiger partial charge >= 0.3 is 0 Å². The van der Waals surface area contributed by atoms with Gasteiger partial charge in [0.05, 0.1) is 5.52 Å². The van der Waals surface area contributed by atoms with Crippen LogP contribution >= 0.6 is 12.6 Å². The van der Waals surface area contributed by atoms with Gasteiger partial charge < -0.3 is 4.74 Å². The van der Waals surface area contributed by atoms with Crippen molar-refractivity contribution < 1.29 is 4.74 Å². The van der Waals surface area contributed by atoms with E-state index in [-0.39, 0.29) is 0 Å². The van der Waals surface area contributed by atoms with Crippen molar-refractivity contribution in [3.05, 3.63) is 47.8 Å². The monoisotopic (exact) mass is 364 g/mol. The molecule has 1 N–H and O–H groups in total. The predicted octanol–water partition coefficient (Wildman–Crippen LogP) is 3.12. The van der Waals surface area contributed by atoms with Crippen molar-refractivity contribution >= 4 is 23.5 Å². The highest BCUT2D eigenvalue weighted by Crippen LogP contribution is 2.18. The summed E-state index contributed by atoms with van der Waals surface area (Å²) in [7, 11) is 0. The average molecular weight is 364 g/mol. The fraction of sp³-hybridized carbons (Fsp3) is 0.300. The van der Waals surface area contributed by atoms with Crippen LogP contribution in [-0.2, 0) is 0 Å². The SMILES string of the molecule is Sc1ccc2c(C#Cc3cccc(OCCN4CCCC4)n3)n[nH]c2c1. The number of pyridine rings is 1. The van der Waals surface area contributed by atoms with Crippen LogP contribution in [0.4, 0.5) is 0 Å². The third kappa shape index (κ3) is 4.01. The van der Waals surface area contributed by atoms with Gasteiger partial charge in [0.1, 0.15) is 18.0 Å². The molecule has 1 fully saturated rings. The van der Waals surface area contributed by atoms with Crippen molar-refractivity contribution in [2.75, 3.05) is 26.2 Å². The first-order valence-corrected chi connectivity index (χ1v) is 9.24. The Morgan fingerprint density at radius 3 is 2.92 bits per heavy atom. The van der Waals surface area contributed by atoms with Gasteiger partial charge in [-0.05, 0) is 62.0 Å². The molecule has 6 heteroatoms. The van der Waals surface area contributed by atoms with Crippen LogP contribution in [-0.4, -0.2) is 46.3 Å². The summed E-state index contributed by atoms with van der Waals surface area (Å²) in [6, 6.07) is 11.5. The highest BCUT2D eigenvalue weighted by Gasteiger charge is 2.10. The predicted molar refractivity (Wildman–Crippen MR) is 105 cm³/mol. The number of H-pyrrole nitrogens is 1. The van der Waals surface area contributed by atoms with E-state index in [1.165, 1.54) is 25.9 Å². The molecule has 1 aromatic carbocycles. The number of nitrogens with zero attached hydrogens (tertiary/aromatic N) is 3. The standard InChI is InChI=1S/C20H20N4OS/c26-16-7-8-17-18(22-23-19(17)14-16)9-6-15-4-3-5-20(21-15)25-13-12-24-10-1-2-11-24/h3-5,7-8,14,26H,1-2,10-13H2,(H,22,23). The first kappa shape index (κ1) is 17.0. The molecule has 26 heavy (non-hydrogen) atoms. The van der Waals surface area contributed by atoms with Crippen LogP contribution < -0.4 is 4.74 Å². The second-order valence-electron chi connectivity index (χ2n) is 6.31. The van der Waals surface area contributed by atoms with E-state index in [0.717, 1.165) is 22.3 Å². The molecular weight excluding hydrogens is 344 g/mol. The summed E-state index contributed by atoms with van der Waals surface area (Å²) < 4.78 is 5.78. The second kappa shape index (κ2) is 7.81. The Kier molecular flexibility index (Phi) is 5.09. The normalized spacial score (nSPS) is 14.3. The fourth-order valence-electron chi connectivity index (χ4n) is 3.08. The van der Waals surface area contributed by atoms with E-state index in [2.05, 4.69) is 44.6 Å². The van der Waals surface area contributed by atoms with Crippen molar-refractivity contribution in [1.29, 1.82) is 0 Å². The molecule has 0 unspecified atom stereocenters. The Hall–Kier alpha value is -2.49. The van der Waals surface area contributed by atoms with Gasteiger partial charge in [-0.2, -0.15) is 5.10 Å². The summed E-state index contributed by atoms with van der Waals surface area (Å²) in [4.78, 5) is 7.78. The van der Waals surface area contributed by atoms with Gasteiger partial charge in [0, 0.05) is 22.9 Å². The topological polar surface area (TPSA) is 54.0 Å². The van der Waals surface area contributed by atoms with Crippen molar-refractivity contribution in [1.82, 2.24) is 20.1 Å². The molecule has 1 aliphatic heterocycles. The molecular formula is C20H20N4OS. The number of likely N-dealkylation sites (tertiary alicyclic amines) is 1. The molecule has 132 valence electrons. The van der Waals surface area contributed by atoms with Crippen LogP contribution in [0.3, 0.4) is 0 Å². The third-order valence-electron chi connectivity index (χ3n) is 4.44. The van der Waals surface area contributed by atoms with Gasteiger partial charge in [-0.15, -0.1) is 12.6 Å². The maximum Gasteiger partial charge on any atom is 0.214 e. The summed E-state index contributed by atoms with van der Waals surface area (Å²) in [6.07, 6.45) is 2.58. The molecule has 1 aliphatic rings. The summed E-state index contributed by atoms with van der Waals surface area (Å²) in [6.45, 7) is 3.95. The molecule has 4 rings (SSSR count). The Labute approximate surface area is 158 Å². The molecule has 5 nitrogen and oxygen atoms in total. The average Bonchev–Trinajstić information content (AvgIpc) is 3.30. The van der Waals surface area contributed by atoms with Crippen LogP contribution in [0.2, 0.25) is 0 Å². The van der Waals surface area contributed by atoms with Crippen molar-refractivity contribution in [2.24, 2.45) is 0 Å². The van der Waals surface area contributed by atoms with E-state index in [1.54, 1.807) is 0 Å². The van der Waals surface area contributed by atoms with Crippen molar-refractivity contribution in [2.45, 2.75) is 17.7 Å². The summed E-state index contributed by atoms with van der Waals surface area (Å²) in [5.41, 5.74) is 2.30. The first-order chi connectivity index (χ1) is 12.8. The highest BCUT2D eigenvalue weighted by molar-refractivity contribution is 7.80. The minimum atomic E-state index is 0.614. The Balaban J connectivity index is 1.44. The number of nitrogens with one attached hydrogen (secondary N) is 1. The zero-order chi connectivity index (χ0) is 17.8. The molecule has 1 saturated heterocycles. The maximum atomic E-state index is 5.78. The minimum Gasteiger partial charge on any atom is -0.476 e. The lowest BCUT2D eigenvalue weighted by atomic mass is 10.2. The molecule has 0 aliphatic carbocycles. The number of hydrogen-bond acceptors (Lipinski definition) is 5. The highest BCUT2D eigenvalue weighted by atomic mass is 32.1. The molecule has 3 heterocycles. The number of fused-ring (bicyclic) bond motifs is 1. The van der Waals surface area contributed by atoms with Crippen LogP contribution in [0.5, 0.6) is 5.88 Å². The van der Waals surface area contributed by atoms with E-state index in [1.807, 2.05) is 36.4 Å². The largest absolute Gasteiger partial charge is 0.476 e. The third-order valence-corrected chi connectivity index (χ3v) is 4.71. The maximum absolute atomic E-state index is 5.78. The van der Waals surface area contributed by atoms with E-state index < -0.39 is 0 Å². The number of benzene rings is 1. The number of hydrogen-bond donors (Lipinski definition) is 2. The van der Waals surface area contributed by atoms with Crippen molar-refractivity contribution in [3.63, 3.8) is 0 Å². The molecule has 0 atom stereocenters. The molecule has 2 aromatic heterocycles. The minimum absolute atomic E-state index is 0.614. The number of thiol groups is 1.